The number of methoxy groups -OCH3 is 1. The number of nitrogens with one attached hydrogen (secondary N) is 1. The third kappa shape index (κ3) is 6.62. The molecule has 0 heterocycles. The molecule has 0 aromatic heterocycles. The molecule has 0 aliphatic carbocycles. The maximum atomic E-state index is 10.9. The molecule has 0 aliphatic rings. The van der Waals surface area contributed by atoms with E-state index in [9.17, 15) is 4.79 Å². The third-order valence-corrected chi connectivity index (χ3v) is 1.47. The van der Waals surface area contributed by atoms with Crippen molar-refractivity contribution in [3.8, 4) is 0 Å². The van der Waals surface area contributed by atoms with Gasteiger partial charge in [0.2, 0.25) is 0 Å². The number of nitrogens with two attached hydrogens (primary N) is 1. The zero-order valence-corrected chi connectivity index (χ0v) is 13.6. The van der Waals surface area contributed by atoms with E-state index in [0.717, 1.165) is 5.69 Å². The predicted molar refractivity (Wildman–Crippen MR) is 73.6 cm³/mol. The van der Waals surface area contributed by atoms with Crippen molar-refractivity contribution in [2.24, 2.45) is 5.84 Å². The third-order valence-electron chi connectivity index (χ3n) is 1.47. The monoisotopic (exact) mass is 471 g/mol. The second-order valence-corrected chi connectivity index (χ2v) is 14.1. The number of halogens is 2. The molecule has 1 aromatic rings. The van der Waals surface area contributed by atoms with Gasteiger partial charge in [0.05, 0.1) is 12.7 Å². The number of benzene rings is 1. The second kappa shape index (κ2) is 9.70. The van der Waals surface area contributed by atoms with Crippen molar-refractivity contribution in [1.29, 1.82) is 0 Å². The van der Waals surface area contributed by atoms with Crippen LogP contribution < -0.4 is 11.3 Å². The van der Waals surface area contributed by atoms with Crippen molar-refractivity contribution >= 4 is 51.6 Å². The summed E-state index contributed by atoms with van der Waals surface area (Å²) in [7, 11) is 1.97. The van der Waals surface area contributed by atoms with Crippen LogP contribution in [-0.4, -0.2) is 13.1 Å². The Morgan fingerprint density at radius 1 is 1.40 bits per heavy atom. The first-order chi connectivity index (χ1) is 7.19. The number of carbonyl (C=O) groups is 1. The number of ether oxygens (including phenoxy) is 1. The first-order valence-electron chi connectivity index (χ1n) is 3.76. The van der Waals surface area contributed by atoms with E-state index < -0.39 is 0 Å². The van der Waals surface area contributed by atoms with Gasteiger partial charge in [-0.2, -0.15) is 0 Å². The number of hydrazine groups is 1. The number of hydrogen-bond donors (Lipinski definition) is 2. The summed E-state index contributed by atoms with van der Waals surface area (Å²) in [6, 6.07) is 6.68. The van der Waals surface area contributed by atoms with Crippen molar-refractivity contribution in [3.05, 3.63) is 29.8 Å². The molecule has 0 unspecified atom stereocenters. The van der Waals surface area contributed by atoms with Gasteiger partial charge >= 0.3 is 55.4 Å². The SMILES string of the molecule is COC(=O)c1ccc(NN)cc1.[I][V][I]. The molecule has 1 rings (SSSR count). The van der Waals surface area contributed by atoms with Crippen LogP contribution in [0.1, 0.15) is 10.4 Å². The van der Waals surface area contributed by atoms with Crippen molar-refractivity contribution < 1.29 is 19.0 Å². The van der Waals surface area contributed by atoms with E-state index in [0.29, 0.717) is 15.0 Å². The molecular weight excluding hydrogens is 461 g/mol. The average molecular weight is 471 g/mol. The Hall–Kier alpha value is 0.494. The Bertz CT molecular complexity index is 295. The van der Waals surface area contributed by atoms with Gasteiger partial charge in [0.25, 0.3) is 0 Å². The topological polar surface area (TPSA) is 64.3 Å². The van der Waals surface area contributed by atoms with Crippen LogP contribution in [-0.2, 0) is 14.2 Å². The minimum absolute atomic E-state index is 0.349. The molecule has 0 amide bonds. The first-order valence-corrected chi connectivity index (χ1v) is 12.8. The van der Waals surface area contributed by atoms with Crippen LogP contribution in [0.4, 0.5) is 5.69 Å². The molecule has 4 nitrogen and oxygen atoms in total. The number of nitrogen functional groups attached to an aromatic ring is 1. The number of hydrogen-bond acceptors (Lipinski definition) is 4. The van der Waals surface area contributed by atoms with Crippen molar-refractivity contribution in [2.45, 2.75) is 0 Å². The fraction of sp³-hybridized carbons (Fsp3) is 0.125. The van der Waals surface area contributed by atoms with Crippen molar-refractivity contribution in [1.82, 2.24) is 0 Å². The Morgan fingerprint density at radius 3 is 2.20 bits per heavy atom. The molecule has 0 aliphatic heterocycles. The van der Waals surface area contributed by atoms with E-state index in [1.54, 1.807) is 24.3 Å². The molecule has 0 radical (unpaired) electrons. The summed E-state index contributed by atoms with van der Waals surface area (Å²) in [5.41, 5.74) is 3.72. The van der Waals surface area contributed by atoms with Crippen LogP contribution in [0.3, 0.4) is 0 Å². The molecular formula is C8H10I2N2O2V. The van der Waals surface area contributed by atoms with E-state index in [-0.39, 0.29) is 5.97 Å². The number of rotatable bonds is 2. The van der Waals surface area contributed by atoms with Crippen LogP contribution in [0.5, 0.6) is 0 Å². The van der Waals surface area contributed by atoms with Gasteiger partial charge in [-0.3, -0.25) is 5.84 Å². The molecule has 1 aromatic carbocycles. The zero-order chi connectivity index (χ0) is 11.7. The molecule has 0 fully saturated rings. The summed E-state index contributed by atoms with van der Waals surface area (Å²) in [6.07, 6.45) is 0. The quantitative estimate of drug-likeness (QED) is 0.302. The molecule has 0 spiro atoms. The van der Waals surface area contributed by atoms with E-state index in [4.69, 9.17) is 5.84 Å². The summed E-state index contributed by atoms with van der Waals surface area (Å²) in [5, 5.41) is 0. The molecule has 15 heavy (non-hydrogen) atoms. The van der Waals surface area contributed by atoms with Gasteiger partial charge < -0.3 is 10.2 Å². The standard InChI is InChI=1S/C8H10N2O2.2HI.V/c1-12-8(11)6-2-4-7(10-9)5-3-6;;;/h2-5,10H,9H2,1H3;2*1H;/q;;;+2/p-2. The van der Waals surface area contributed by atoms with E-state index in [2.05, 4.69) is 50.1 Å². The summed E-state index contributed by atoms with van der Waals surface area (Å²) < 4.78 is 4.52. The van der Waals surface area contributed by atoms with E-state index in [1.165, 1.54) is 7.11 Å². The van der Waals surface area contributed by atoms with Crippen LogP contribution in [0.2, 0.25) is 0 Å². The fourth-order valence-corrected chi connectivity index (χ4v) is 0.820. The van der Waals surface area contributed by atoms with Crippen LogP contribution in [0.15, 0.2) is 24.3 Å². The van der Waals surface area contributed by atoms with Gasteiger partial charge in [0.15, 0.2) is 0 Å². The first kappa shape index (κ1) is 15.5. The Balaban J connectivity index is 0.000000583. The van der Waals surface area contributed by atoms with E-state index >= 15 is 0 Å². The Morgan fingerprint density at radius 2 is 1.87 bits per heavy atom. The average Bonchev–Trinajstić information content (AvgIpc) is 2.29. The zero-order valence-electron chi connectivity index (χ0n) is 7.91. The summed E-state index contributed by atoms with van der Waals surface area (Å²) in [6.45, 7) is 0. The molecule has 0 atom stereocenters. The minimum atomic E-state index is -0.349. The van der Waals surface area contributed by atoms with Gasteiger partial charge in [0.1, 0.15) is 0 Å². The molecule has 0 saturated heterocycles. The molecule has 3 N–H and O–H groups in total. The molecule has 83 valence electrons. The van der Waals surface area contributed by atoms with Crippen LogP contribution >= 0.6 is 40.0 Å². The normalized spacial score (nSPS) is 8.27. The van der Waals surface area contributed by atoms with Crippen LogP contribution in [0.25, 0.3) is 0 Å². The van der Waals surface area contributed by atoms with Gasteiger partial charge in [0, 0.05) is 5.69 Å². The van der Waals surface area contributed by atoms with Gasteiger partial charge in [-0.15, -0.1) is 0 Å². The summed E-state index contributed by atoms with van der Waals surface area (Å²) >= 11 is 4.74. The molecule has 0 bridgehead atoms. The van der Waals surface area contributed by atoms with Crippen molar-refractivity contribution in [2.75, 3.05) is 12.5 Å². The number of esters is 1. The molecule has 0 saturated carbocycles. The maximum absolute atomic E-state index is 10.9. The number of anilines is 1. The number of carbonyl (C=O) groups excluding carboxylic acids is 1. The summed E-state index contributed by atoms with van der Waals surface area (Å²) in [5.74, 6) is 4.79. The Labute approximate surface area is 118 Å². The van der Waals surface area contributed by atoms with Crippen molar-refractivity contribution in [3.63, 3.8) is 0 Å². The van der Waals surface area contributed by atoms with Gasteiger partial charge in [-0.1, -0.05) is 0 Å². The van der Waals surface area contributed by atoms with Gasteiger partial charge in [-0.05, 0) is 24.3 Å². The van der Waals surface area contributed by atoms with E-state index in [1.807, 2.05) is 0 Å². The second-order valence-electron chi connectivity index (χ2n) is 2.28. The summed E-state index contributed by atoms with van der Waals surface area (Å²) in [4.78, 5) is 10.9. The van der Waals surface area contributed by atoms with Gasteiger partial charge in [-0.25, -0.2) is 4.79 Å². The fourth-order valence-electron chi connectivity index (χ4n) is 0.820. The predicted octanol–water partition coefficient (Wildman–Crippen LogP) is 2.53. The Kier molecular flexibility index (Phi) is 10.0. The molecule has 7 heteroatoms. The van der Waals surface area contributed by atoms with Crippen LogP contribution in [0, 0.1) is 0 Å².